The number of nitrogens with one attached hydrogen (secondary N) is 1. The lowest BCUT2D eigenvalue weighted by Gasteiger charge is -2.35. The van der Waals surface area contributed by atoms with Gasteiger partial charge in [0.1, 0.15) is 0 Å². The van der Waals surface area contributed by atoms with Crippen LogP contribution >= 0.6 is 0 Å². The monoisotopic (exact) mass is 300 g/mol. The molecule has 1 unspecified atom stereocenters. The van der Waals surface area contributed by atoms with Gasteiger partial charge in [-0.2, -0.15) is 0 Å². The lowest BCUT2D eigenvalue weighted by atomic mass is 10.0. The number of ether oxygens (including phenoxy) is 1. The highest BCUT2D eigenvalue weighted by Gasteiger charge is 2.23. The molecule has 1 aromatic rings. The van der Waals surface area contributed by atoms with Gasteiger partial charge in [-0.05, 0) is 50.8 Å². The number of rotatable bonds is 3. The van der Waals surface area contributed by atoms with E-state index in [9.17, 15) is 4.79 Å². The maximum Gasteiger partial charge on any atom is 0.286 e. The van der Waals surface area contributed by atoms with Crippen LogP contribution in [0.2, 0.25) is 0 Å². The molecule has 1 fully saturated rings. The number of piperidine rings is 1. The van der Waals surface area contributed by atoms with Crippen LogP contribution in [-0.4, -0.2) is 31.6 Å². The molecule has 1 saturated heterocycles. The summed E-state index contributed by atoms with van der Waals surface area (Å²) in [5.74, 6) is 0.439. The first-order chi connectivity index (χ1) is 10.7. The van der Waals surface area contributed by atoms with Gasteiger partial charge in [0.2, 0.25) is 0 Å². The maximum atomic E-state index is 12.2. The SMILES string of the molecule is Cc1ccc(N2CCCC(NC(=O)C3=CCCCO3)C2)cc1. The smallest absolute Gasteiger partial charge is 0.286 e. The highest BCUT2D eigenvalue weighted by Crippen LogP contribution is 2.21. The fourth-order valence-corrected chi connectivity index (χ4v) is 3.06. The molecule has 4 nitrogen and oxygen atoms in total. The molecule has 118 valence electrons. The average Bonchev–Trinajstić information content (AvgIpc) is 2.56. The van der Waals surface area contributed by atoms with Crippen LogP contribution in [0.5, 0.6) is 0 Å². The molecule has 0 saturated carbocycles. The quantitative estimate of drug-likeness (QED) is 0.933. The zero-order valence-corrected chi connectivity index (χ0v) is 13.2. The Hall–Kier alpha value is -1.97. The van der Waals surface area contributed by atoms with Crippen molar-refractivity contribution in [1.29, 1.82) is 0 Å². The van der Waals surface area contributed by atoms with Crippen LogP contribution in [0, 0.1) is 6.92 Å². The summed E-state index contributed by atoms with van der Waals surface area (Å²) in [5.41, 5.74) is 2.50. The lowest BCUT2D eigenvalue weighted by Crippen LogP contribution is -2.48. The second-order valence-electron chi connectivity index (χ2n) is 6.15. The molecule has 0 aliphatic carbocycles. The second kappa shape index (κ2) is 6.86. The van der Waals surface area contributed by atoms with E-state index in [1.54, 1.807) is 0 Å². The third kappa shape index (κ3) is 3.62. The predicted molar refractivity (Wildman–Crippen MR) is 87.8 cm³/mol. The van der Waals surface area contributed by atoms with E-state index in [4.69, 9.17) is 4.74 Å². The largest absolute Gasteiger partial charge is 0.488 e. The number of carbonyl (C=O) groups excluding carboxylic acids is 1. The van der Waals surface area contributed by atoms with E-state index < -0.39 is 0 Å². The standard InChI is InChI=1S/C18H24N2O2/c1-14-7-9-16(10-8-14)20-11-4-5-15(13-20)19-18(21)17-6-2-3-12-22-17/h6-10,15H,2-5,11-13H2,1H3,(H,19,21). The highest BCUT2D eigenvalue weighted by atomic mass is 16.5. The molecule has 0 aromatic heterocycles. The number of nitrogens with zero attached hydrogens (tertiary/aromatic N) is 1. The second-order valence-corrected chi connectivity index (χ2v) is 6.15. The number of hydrogen-bond donors (Lipinski definition) is 1. The van der Waals surface area contributed by atoms with Crippen LogP contribution in [0.3, 0.4) is 0 Å². The lowest BCUT2D eigenvalue weighted by molar-refractivity contribution is -0.122. The summed E-state index contributed by atoms with van der Waals surface area (Å²) in [7, 11) is 0. The highest BCUT2D eigenvalue weighted by molar-refractivity contribution is 5.91. The Kier molecular flexibility index (Phi) is 4.66. The molecule has 3 rings (SSSR count). The Labute approximate surface area is 132 Å². The van der Waals surface area contributed by atoms with E-state index in [1.165, 1.54) is 11.3 Å². The summed E-state index contributed by atoms with van der Waals surface area (Å²) in [6.45, 7) is 4.66. The van der Waals surface area contributed by atoms with Crippen molar-refractivity contribution in [1.82, 2.24) is 5.32 Å². The van der Waals surface area contributed by atoms with E-state index in [-0.39, 0.29) is 11.9 Å². The van der Waals surface area contributed by atoms with Crippen LogP contribution in [-0.2, 0) is 9.53 Å². The normalized spacial score (nSPS) is 21.8. The first kappa shape index (κ1) is 14.9. The van der Waals surface area contributed by atoms with E-state index in [0.29, 0.717) is 12.4 Å². The molecule has 1 aromatic carbocycles. The van der Waals surface area contributed by atoms with Crippen molar-refractivity contribution in [2.24, 2.45) is 0 Å². The van der Waals surface area contributed by atoms with Crippen molar-refractivity contribution in [3.8, 4) is 0 Å². The summed E-state index contributed by atoms with van der Waals surface area (Å²) in [6.07, 6.45) is 5.96. The van der Waals surface area contributed by atoms with Gasteiger partial charge < -0.3 is 15.0 Å². The van der Waals surface area contributed by atoms with Gasteiger partial charge in [-0.1, -0.05) is 17.7 Å². The van der Waals surface area contributed by atoms with Crippen molar-refractivity contribution in [3.05, 3.63) is 41.7 Å². The summed E-state index contributed by atoms with van der Waals surface area (Å²) >= 11 is 0. The molecule has 1 N–H and O–H groups in total. The van der Waals surface area contributed by atoms with E-state index in [0.717, 1.165) is 38.8 Å². The molecule has 2 aliphatic heterocycles. The summed E-state index contributed by atoms with van der Waals surface area (Å²) in [6, 6.07) is 8.78. The maximum absolute atomic E-state index is 12.2. The first-order valence-corrected chi connectivity index (χ1v) is 8.18. The van der Waals surface area contributed by atoms with E-state index in [1.807, 2.05) is 6.08 Å². The Morgan fingerprint density at radius 3 is 2.82 bits per heavy atom. The minimum atomic E-state index is -0.0598. The predicted octanol–water partition coefficient (Wildman–Crippen LogP) is 2.77. The van der Waals surface area contributed by atoms with E-state index >= 15 is 0 Å². The Morgan fingerprint density at radius 1 is 1.27 bits per heavy atom. The van der Waals surface area contributed by atoms with Crippen molar-refractivity contribution in [2.75, 3.05) is 24.6 Å². The molecule has 2 heterocycles. The number of carbonyl (C=O) groups is 1. The van der Waals surface area contributed by atoms with Crippen LogP contribution in [0.4, 0.5) is 5.69 Å². The molecule has 2 aliphatic rings. The Balaban J connectivity index is 1.59. The van der Waals surface area contributed by atoms with Gasteiger partial charge in [-0.15, -0.1) is 0 Å². The van der Waals surface area contributed by atoms with Gasteiger partial charge in [-0.25, -0.2) is 0 Å². The van der Waals surface area contributed by atoms with Gasteiger partial charge in [0.25, 0.3) is 5.91 Å². The van der Waals surface area contributed by atoms with Crippen LogP contribution in [0.25, 0.3) is 0 Å². The molecule has 22 heavy (non-hydrogen) atoms. The van der Waals surface area contributed by atoms with Gasteiger partial charge in [0, 0.05) is 24.8 Å². The van der Waals surface area contributed by atoms with Crippen LogP contribution in [0.15, 0.2) is 36.1 Å². The minimum absolute atomic E-state index is 0.0598. The van der Waals surface area contributed by atoms with Crippen molar-refractivity contribution >= 4 is 11.6 Å². The average molecular weight is 300 g/mol. The first-order valence-electron chi connectivity index (χ1n) is 8.18. The Bertz CT molecular complexity index is 551. The number of amides is 1. The third-order valence-corrected chi connectivity index (χ3v) is 4.32. The fourth-order valence-electron chi connectivity index (χ4n) is 3.06. The topological polar surface area (TPSA) is 41.6 Å². The summed E-state index contributed by atoms with van der Waals surface area (Å²) in [4.78, 5) is 14.6. The van der Waals surface area contributed by atoms with Crippen LogP contribution in [0.1, 0.15) is 31.2 Å². The molecule has 0 bridgehead atoms. The molecule has 0 spiro atoms. The van der Waals surface area contributed by atoms with E-state index in [2.05, 4.69) is 41.4 Å². The zero-order chi connectivity index (χ0) is 15.4. The number of hydrogen-bond acceptors (Lipinski definition) is 3. The van der Waals surface area contributed by atoms with Crippen molar-refractivity contribution < 1.29 is 9.53 Å². The van der Waals surface area contributed by atoms with Gasteiger partial charge >= 0.3 is 0 Å². The third-order valence-electron chi connectivity index (χ3n) is 4.32. The van der Waals surface area contributed by atoms with Gasteiger partial charge in [0.05, 0.1) is 6.61 Å². The fraction of sp³-hybridized carbons (Fsp3) is 0.500. The number of benzene rings is 1. The number of anilines is 1. The minimum Gasteiger partial charge on any atom is -0.488 e. The molecular weight excluding hydrogens is 276 g/mol. The van der Waals surface area contributed by atoms with Crippen LogP contribution < -0.4 is 10.2 Å². The van der Waals surface area contributed by atoms with Gasteiger partial charge in [0.15, 0.2) is 5.76 Å². The molecular formula is C18H24N2O2. The number of aryl methyl sites for hydroxylation is 1. The van der Waals surface area contributed by atoms with Gasteiger partial charge in [-0.3, -0.25) is 4.79 Å². The van der Waals surface area contributed by atoms with Crippen molar-refractivity contribution in [2.45, 2.75) is 38.6 Å². The summed E-state index contributed by atoms with van der Waals surface area (Å²) < 4.78 is 5.44. The molecule has 1 atom stereocenters. The summed E-state index contributed by atoms with van der Waals surface area (Å²) in [5, 5.41) is 3.13. The van der Waals surface area contributed by atoms with Crippen molar-refractivity contribution in [3.63, 3.8) is 0 Å². The molecule has 1 amide bonds. The molecule has 0 radical (unpaired) electrons. The zero-order valence-electron chi connectivity index (χ0n) is 13.2. The Morgan fingerprint density at radius 2 is 2.09 bits per heavy atom. The molecule has 4 heteroatoms. The number of allylic oxidation sites excluding steroid dienone is 1.